The van der Waals surface area contributed by atoms with Gasteiger partial charge in [0, 0.05) is 0 Å². The molecule has 0 aliphatic carbocycles. The summed E-state index contributed by atoms with van der Waals surface area (Å²) in [4.78, 5) is 10.6. The SMILES string of the molecule is CC(C)CCCCCC(S)(S)C(=O)O. The molecule has 0 radical (unpaired) electrons. The first kappa shape index (κ1) is 14.2. The fourth-order valence-corrected chi connectivity index (χ4v) is 1.52. The van der Waals surface area contributed by atoms with Gasteiger partial charge in [0.05, 0.1) is 0 Å². The van der Waals surface area contributed by atoms with E-state index in [4.69, 9.17) is 5.11 Å². The number of unbranched alkanes of at least 4 members (excludes halogenated alkanes) is 2. The summed E-state index contributed by atoms with van der Waals surface area (Å²) in [5.74, 6) is -0.223. The molecule has 0 unspecified atom stereocenters. The van der Waals surface area contributed by atoms with Gasteiger partial charge in [-0.2, -0.15) is 25.3 Å². The number of thiol groups is 2. The van der Waals surface area contributed by atoms with Crippen molar-refractivity contribution < 1.29 is 9.90 Å². The molecule has 0 aromatic carbocycles. The van der Waals surface area contributed by atoms with Gasteiger partial charge in [0.1, 0.15) is 0 Å². The molecule has 0 saturated carbocycles. The third-order valence-corrected chi connectivity index (χ3v) is 2.98. The van der Waals surface area contributed by atoms with E-state index >= 15 is 0 Å². The number of aliphatic carboxylic acids is 1. The molecule has 14 heavy (non-hydrogen) atoms. The van der Waals surface area contributed by atoms with E-state index in [9.17, 15) is 4.79 Å². The normalized spacial score (nSPS) is 12.1. The van der Waals surface area contributed by atoms with Gasteiger partial charge in [0.25, 0.3) is 0 Å². The maximum absolute atomic E-state index is 10.6. The molecule has 0 fully saturated rings. The van der Waals surface area contributed by atoms with Crippen molar-refractivity contribution in [3.8, 4) is 0 Å². The van der Waals surface area contributed by atoms with Gasteiger partial charge < -0.3 is 5.11 Å². The molecule has 0 aromatic rings. The predicted molar refractivity (Wildman–Crippen MR) is 66.3 cm³/mol. The molecule has 0 atom stereocenters. The number of hydrogen-bond acceptors (Lipinski definition) is 3. The van der Waals surface area contributed by atoms with Crippen LogP contribution in [0.25, 0.3) is 0 Å². The molecule has 4 heteroatoms. The lowest BCUT2D eigenvalue weighted by Gasteiger charge is -2.16. The maximum Gasteiger partial charge on any atom is 0.329 e. The van der Waals surface area contributed by atoms with Crippen LogP contribution in [0.15, 0.2) is 0 Å². The lowest BCUT2D eigenvalue weighted by Crippen LogP contribution is -2.25. The van der Waals surface area contributed by atoms with Crippen LogP contribution >= 0.6 is 25.3 Å². The van der Waals surface area contributed by atoms with Crippen LogP contribution in [0, 0.1) is 5.92 Å². The Kier molecular flexibility index (Phi) is 6.70. The van der Waals surface area contributed by atoms with E-state index in [-0.39, 0.29) is 0 Å². The number of carbonyl (C=O) groups is 1. The second kappa shape index (κ2) is 6.62. The summed E-state index contributed by atoms with van der Waals surface area (Å²) in [6.45, 7) is 4.39. The van der Waals surface area contributed by atoms with Gasteiger partial charge in [-0.05, 0) is 12.3 Å². The average molecular weight is 236 g/mol. The zero-order valence-electron chi connectivity index (χ0n) is 8.86. The van der Waals surface area contributed by atoms with Crippen molar-refractivity contribution in [1.82, 2.24) is 0 Å². The molecule has 0 aliphatic heterocycles. The molecule has 0 saturated heterocycles. The highest BCUT2D eigenvalue weighted by Crippen LogP contribution is 2.27. The molecule has 2 nitrogen and oxygen atoms in total. The van der Waals surface area contributed by atoms with Gasteiger partial charge in [0.2, 0.25) is 0 Å². The Bertz CT molecular complexity index is 179. The number of carboxylic acids is 1. The summed E-state index contributed by atoms with van der Waals surface area (Å²) < 4.78 is -1.15. The average Bonchev–Trinajstić information content (AvgIpc) is 2.02. The molecule has 0 spiro atoms. The Morgan fingerprint density at radius 3 is 2.29 bits per heavy atom. The summed E-state index contributed by atoms with van der Waals surface area (Å²) >= 11 is 7.98. The van der Waals surface area contributed by atoms with Crippen LogP contribution in [-0.2, 0) is 4.79 Å². The van der Waals surface area contributed by atoms with Gasteiger partial charge in [-0.15, -0.1) is 0 Å². The Morgan fingerprint density at radius 1 is 1.29 bits per heavy atom. The highest BCUT2D eigenvalue weighted by atomic mass is 32.2. The molecular weight excluding hydrogens is 216 g/mol. The summed E-state index contributed by atoms with van der Waals surface area (Å²) in [7, 11) is 0. The second-order valence-corrected chi connectivity index (χ2v) is 5.99. The van der Waals surface area contributed by atoms with Gasteiger partial charge in [0.15, 0.2) is 4.08 Å². The van der Waals surface area contributed by atoms with Gasteiger partial charge in [-0.1, -0.05) is 39.5 Å². The van der Waals surface area contributed by atoms with Crippen molar-refractivity contribution in [1.29, 1.82) is 0 Å². The van der Waals surface area contributed by atoms with Gasteiger partial charge >= 0.3 is 5.97 Å². The third kappa shape index (κ3) is 6.60. The summed E-state index contributed by atoms with van der Waals surface area (Å²) in [6, 6.07) is 0. The van der Waals surface area contributed by atoms with E-state index in [1.807, 2.05) is 0 Å². The quantitative estimate of drug-likeness (QED) is 0.361. The fourth-order valence-electron chi connectivity index (χ4n) is 1.21. The van der Waals surface area contributed by atoms with Crippen LogP contribution in [0.2, 0.25) is 0 Å². The van der Waals surface area contributed by atoms with E-state index < -0.39 is 10.0 Å². The minimum atomic E-state index is -1.15. The number of carboxylic acid groups (broad SMARTS) is 1. The first-order valence-corrected chi connectivity index (χ1v) is 5.94. The molecule has 0 bridgehead atoms. The molecule has 0 rings (SSSR count). The zero-order valence-corrected chi connectivity index (χ0v) is 10.7. The topological polar surface area (TPSA) is 37.3 Å². The second-order valence-electron chi connectivity index (χ2n) is 4.11. The first-order valence-electron chi connectivity index (χ1n) is 5.04. The Balaban J connectivity index is 3.49. The van der Waals surface area contributed by atoms with Crippen molar-refractivity contribution in [2.75, 3.05) is 0 Å². The van der Waals surface area contributed by atoms with Crippen molar-refractivity contribution in [3.05, 3.63) is 0 Å². The highest BCUT2D eigenvalue weighted by molar-refractivity contribution is 8.01. The summed E-state index contributed by atoms with van der Waals surface area (Å²) in [5, 5.41) is 8.73. The zero-order chi connectivity index (χ0) is 11.2. The van der Waals surface area contributed by atoms with Crippen LogP contribution in [-0.4, -0.2) is 15.2 Å². The maximum atomic E-state index is 10.6. The van der Waals surface area contributed by atoms with Gasteiger partial charge in [-0.25, -0.2) is 4.79 Å². The molecule has 0 amide bonds. The number of rotatable bonds is 7. The van der Waals surface area contributed by atoms with Crippen molar-refractivity contribution in [2.45, 2.75) is 50.0 Å². The fraction of sp³-hybridized carbons (Fsp3) is 0.900. The van der Waals surface area contributed by atoms with E-state index in [2.05, 4.69) is 39.1 Å². The summed E-state index contributed by atoms with van der Waals surface area (Å²) in [6.07, 6.45) is 4.83. The van der Waals surface area contributed by atoms with Crippen molar-refractivity contribution >= 4 is 31.2 Å². The molecule has 0 aromatic heterocycles. The van der Waals surface area contributed by atoms with E-state index in [0.717, 1.165) is 25.2 Å². The largest absolute Gasteiger partial charge is 0.480 e. The van der Waals surface area contributed by atoms with Crippen LogP contribution in [0.5, 0.6) is 0 Å². The van der Waals surface area contributed by atoms with Crippen LogP contribution in [0.4, 0.5) is 0 Å². The van der Waals surface area contributed by atoms with E-state index in [1.54, 1.807) is 0 Å². The Morgan fingerprint density at radius 2 is 1.86 bits per heavy atom. The number of hydrogen-bond donors (Lipinski definition) is 3. The minimum Gasteiger partial charge on any atom is -0.480 e. The molecule has 84 valence electrons. The monoisotopic (exact) mass is 236 g/mol. The van der Waals surface area contributed by atoms with Crippen molar-refractivity contribution in [3.63, 3.8) is 0 Å². The molecule has 1 N–H and O–H groups in total. The van der Waals surface area contributed by atoms with E-state index in [0.29, 0.717) is 6.42 Å². The Hall–Kier alpha value is 0.170. The van der Waals surface area contributed by atoms with Crippen LogP contribution in [0.3, 0.4) is 0 Å². The standard InChI is InChI=1S/C10H20O2S2/c1-8(2)6-4-3-5-7-10(13,14)9(11)12/h8,13-14H,3-7H2,1-2H3,(H,11,12). The predicted octanol–water partition coefficient (Wildman–Crippen LogP) is 3.23. The minimum absolute atomic E-state index is 0.520. The smallest absolute Gasteiger partial charge is 0.329 e. The lowest BCUT2D eigenvalue weighted by molar-refractivity contribution is -0.137. The van der Waals surface area contributed by atoms with Crippen molar-refractivity contribution in [2.24, 2.45) is 5.92 Å². The van der Waals surface area contributed by atoms with Gasteiger partial charge in [-0.3, -0.25) is 0 Å². The highest BCUT2D eigenvalue weighted by Gasteiger charge is 2.28. The summed E-state index contributed by atoms with van der Waals surface area (Å²) in [5.41, 5.74) is 0. The molecule has 0 heterocycles. The third-order valence-electron chi connectivity index (χ3n) is 2.15. The van der Waals surface area contributed by atoms with Crippen LogP contribution < -0.4 is 0 Å². The molecule has 0 aliphatic rings. The first-order chi connectivity index (χ1) is 6.36. The lowest BCUT2D eigenvalue weighted by atomic mass is 10.0. The van der Waals surface area contributed by atoms with Crippen LogP contribution in [0.1, 0.15) is 46.0 Å². The molecular formula is C10H20O2S2. The van der Waals surface area contributed by atoms with E-state index in [1.165, 1.54) is 6.42 Å². The Labute approximate surface area is 97.3 Å².